The smallest absolute Gasteiger partial charge is 0.269 e. The van der Waals surface area contributed by atoms with E-state index < -0.39 is 32.8 Å². The van der Waals surface area contributed by atoms with Gasteiger partial charge in [-0.25, -0.2) is 23.1 Å². The summed E-state index contributed by atoms with van der Waals surface area (Å²) >= 11 is 0. The van der Waals surface area contributed by atoms with Gasteiger partial charge in [-0.2, -0.15) is 0 Å². The molecule has 0 bridgehead atoms. The first-order valence-corrected chi connectivity index (χ1v) is 13.5. The molecule has 4 rings (SSSR count). The van der Waals surface area contributed by atoms with Crippen molar-refractivity contribution in [2.24, 2.45) is 0 Å². The molecule has 3 N–H and O–H groups in total. The number of nitrogens with zero attached hydrogens (tertiary/aromatic N) is 3. The highest BCUT2D eigenvalue weighted by Crippen LogP contribution is 2.18. The van der Waals surface area contributed by atoms with E-state index in [0.29, 0.717) is 5.75 Å². The fourth-order valence-corrected chi connectivity index (χ4v) is 4.59. The largest absolute Gasteiger partial charge is 0.494 e. The molecule has 1 unspecified atom stereocenters. The van der Waals surface area contributed by atoms with Crippen LogP contribution in [0.2, 0.25) is 0 Å². The van der Waals surface area contributed by atoms with Gasteiger partial charge in [0.15, 0.2) is 5.75 Å². The molecular formula is C27H24N6O7S. The van der Waals surface area contributed by atoms with Crippen molar-refractivity contribution in [3.8, 4) is 5.75 Å². The number of anilines is 2. The lowest BCUT2D eigenvalue weighted by Gasteiger charge is -2.19. The SMILES string of the molecule is COc1cnc(NS(=O)(=O)c2ccc(NC(=O)C(Cc3ccccc3)NC(=O)c3ccc([N+](=O)[O-])cc3)cc2)nc1. The number of nitro benzene ring substituents is 1. The maximum atomic E-state index is 13.2. The van der Waals surface area contributed by atoms with E-state index in [-0.39, 0.29) is 34.2 Å². The number of amides is 2. The van der Waals surface area contributed by atoms with Gasteiger partial charge in [0.25, 0.3) is 21.6 Å². The molecule has 0 saturated heterocycles. The Morgan fingerprint density at radius 3 is 2.17 bits per heavy atom. The van der Waals surface area contributed by atoms with Crippen LogP contribution in [-0.2, 0) is 21.2 Å². The van der Waals surface area contributed by atoms with Gasteiger partial charge in [0.1, 0.15) is 6.04 Å². The van der Waals surface area contributed by atoms with Crippen LogP contribution < -0.4 is 20.1 Å². The summed E-state index contributed by atoms with van der Waals surface area (Å²) < 4.78 is 32.7. The van der Waals surface area contributed by atoms with Crippen LogP contribution in [0.1, 0.15) is 15.9 Å². The van der Waals surface area contributed by atoms with Crippen LogP contribution in [0.25, 0.3) is 0 Å². The molecule has 2 amide bonds. The first-order chi connectivity index (χ1) is 19.6. The van der Waals surface area contributed by atoms with Crippen LogP contribution in [0.5, 0.6) is 5.75 Å². The third kappa shape index (κ3) is 7.60. The predicted octanol–water partition coefficient (Wildman–Crippen LogP) is 3.17. The number of nitrogens with one attached hydrogen (secondary N) is 3. The number of aromatic nitrogens is 2. The van der Waals surface area contributed by atoms with Crippen molar-refractivity contribution in [1.29, 1.82) is 0 Å². The first kappa shape index (κ1) is 28.6. The standard InChI is InChI=1S/C27H24N6O7S/c1-40-22-16-28-27(29-17-22)32-41(38,39)23-13-9-20(10-14-23)30-26(35)24(15-18-5-3-2-4-6-18)31-25(34)19-7-11-21(12-8-19)33(36)37/h2-14,16-17,24H,15H2,1H3,(H,30,35)(H,31,34)(H,28,29,32). The molecule has 1 atom stereocenters. The molecule has 3 aromatic carbocycles. The molecule has 210 valence electrons. The number of rotatable bonds is 11. The number of sulfonamides is 1. The highest BCUT2D eigenvalue weighted by atomic mass is 32.2. The summed E-state index contributed by atoms with van der Waals surface area (Å²) in [6, 6.07) is 18.4. The van der Waals surface area contributed by atoms with E-state index in [1.54, 1.807) is 24.3 Å². The van der Waals surface area contributed by atoms with Gasteiger partial charge in [-0.1, -0.05) is 30.3 Å². The van der Waals surface area contributed by atoms with Crippen molar-refractivity contribution in [1.82, 2.24) is 15.3 Å². The average Bonchev–Trinajstić information content (AvgIpc) is 2.98. The molecule has 0 aliphatic carbocycles. The lowest BCUT2D eigenvalue weighted by molar-refractivity contribution is -0.384. The first-order valence-electron chi connectivity index (χ1n) is 12.0. The average molecular weight is 577 g/mol. The van der Waals surface area contributed by atoms with Gasteiger partial charge in [-0.3, -0.25) is 19.7 Å². The molecule has 14 heteroatoms. The van der Waals surface area contributed by atoms with Crippen molar-refractivity contribution in [3.63, 3.8) is 0 Å². The zero-order chi connectivity index (χ0) is 29.4. The van der Waals surface area contributed by atoms with Crippen LogP contribution in [0.3, 0.4) is 0 Å². The maximum absolute atomic E-state index is 13.2. The van der Waals surface area contributed by atoms with Gasteiger partial charge >= 0.3 is 0 Å². The Kier molecular flexibility index (Phi) is 8.84. The maximum Gasteiger partial charge on any atom is 0.269 e. The Morgan fingerprint density at radius 2 is 1.59 bits per heavy atom. The number of hydrogen-bond donors (Lipinski definition) is 3. The molecular weight excluding hydrogens is 552 g/mol. The van der Waals surface area contributed by atoms with Gasteiger partial charge in [-0.05, 0) is 42.0 Å². The zero-order valence-electron chi connectivity index (χ0n) is 21.6. The van der Waals surface area contributed by atoms with Crippen molar-refractivity contribution >= 4 is 39.2 Å². The summed E-state index contributed by atoms with van der Waals surface area (Å²) in [6.45, 7) is 0. The molecule has 0 aliphatic rings. The number of ether oxygens (including phenoxy) is 1. The number of hydrogen-bond acceptors (Lipinski definition) is 9. The number of carbonyl (C=O) groups excluding carboxylic acids is 2. The number of non-ortho nitro benzene ring substituents is 1. The number of carbonyl (C=O) groups is 2. The summed E-state index contributed by atoms with van der Waals surface area (Å²) in [4.78, 5) is 44.1. The van der Waals surface area contributed by atoms with Crippen LogP contribution >= 0.6 is 0 Å². The second-order valence-electron chi connectivity index (χ2n) is 8.59. The second-order valence-corrected chi connectivity index (χ2v) is 10.3. The Balaban J connectivity index is 1.47. The third-order valence-corrected chi connectivity index (χ3v) is 7.11. The summed E-state index contributed by atoms with van der Waals surface area (Å²) in [6.07, 6.45) is 2.79. The van der Waals surface area contributed by atoms with Gasteiger partial charge in [0, 0.05) is 29.8 Å². The van der Waals surface area contributed by atoms with E-state index in [4.69, 9.17) is 4.74 Å². The summed E-state index contributed by atoms with van der Waals surface area (Å²) in [5, 5.41) is 16.3. The fourth-order valence-electron chi connectivity index (χ4n) is 3.64. The number of methoxy groups -OCH3 is 1. The van der Waals surface area contributed by atoms with Gasteiger partial charge < -0.3 is 15.4 Å². The molecule has 13 nitrogen and oxygen atoms in total. The van der Waals surface area contributed by atoms with Gasteiger partial charge in [0.2, 0.25) is 11.9 Å². The summed E-state index contributed by atoms with van der Waals surface area (Å²) in [5.41, 5.74) is 1.05. The minimum atomic E-state index is -4.02. The molecule has 0 aliphatic heterocycles. The molecule has 0 radical (unpaired) electrons. The molecule has 0 spiro atoms. The Labute approximate surface area is 234 Å². The lowest BCUT2D eigenvalue weighted by Crippen LogP contribution is -2.45. The topological polar surface area (TPSA) is 183 Å². The van der Waals surface area contributed by atoms with Crippen molar-refractivity contribution < 1.29 is 27.7 Å². The van der Waals surface area contributed by atoms with Crippen LogP contribution in [0.15, 0.2) is 96.2 Å². The van der Waals surface area contributed by atoms with Crippen molar-refractivity contribution in [2.45, 2.75) is 17.4 Å². The van der Waals surface area contributed by atoms with E-state index in [2.05, 4.69) is 25.3 Å². The third-order valence-electron chi connectivity index (χ3n) is 5.77. The second kappa shape index (κ2) is 12.7. The normalized spacial score (nSPS) is 11.6. The Bertz CT molecular complexity index is 1630. The van der Waals surface area contributed by atoms with Crippen molar-refractivity contribution in [3.05, 3.63) is 112 Å². The highest BCUT2D eigenvalue weighted by molar-refractivity contribution is 7.92. The summed E-state index contributed by atoms with van der Waals surface area (Å²) in [7, 11) is -2.59. The molecule has 1 heterocycles. The molecule has 0 fully saturated rings. The van der Waals surface area contributed by atoms with Crippen LogP contribution in [-0.4, -0.2) is 48.3 Å². The lowest BCUT2D eigenvalue weighted by atomic mass is 10.0. The molecule has 41 heavy (non-hydrogen) atoms. The predicted molar refractivity (Wildman–Crippen MR) is 149 cm³/mol. The Hall–Kier alpha value is -5.37. The molecule has 4 aromatic rings. The monoisotopic (exact) mass is 576 g/mol. The van der Waals surface area contributed by atoms with E-state index >= 15 is 0 Å². The zero-order valence-corrected chi connectivity index (χ0v) is 22.4. The molecule has 1 aromatic heterocycles. The highest BCUT2D eigenvalue weighted by Gasteiger charge is 2.23. The van der Waals surface area contributed by atoms with Gasteiger partial charge in [-0.15, -0.1) is 0 Å². The minimum Gasteiger partial charge on any atom is -0.494 e. The number of nitro groups is 1. The fraction of sp³-hybridized carbons (Fsp3) is 0.111. The number of benzene rings is 3. The van der Waals surface area contributed by atoms with Crippen molar-refractivity contribution in [2.75, 3.05) is 17.1 Å². The quantitative estimate of drug-likeness (QED) is 0.178. The molecule has 0 saturated carbocycles. The van der Waals surface area contributed by atoms with E-state index in [1.807, 2.05) is 6.07 Å². The summed E-state index contributed by atoms with van der Waals surface area (Å²) in [5.74, 6) is -0.924. The van der Waals surface area contributed by atoms with Gasteiger partial charge in [0.05, 0.1) is 29.3 Å². The van der Waals surface area contributed by atoms with E-state index in [0.717, 1.165) is 5.56 Å². The minimum absolute atomic E-state index is 0.0952. The van der Waals surface area contributed by atoms with Crippen LogP contribution in [0.4, 0.5) is 17.3 Å². The Morgan fingerprint density at radius 1 is 0.951 bits per heavy atom. The van der Waals surface area contributed by atoms with E-state index in [1.165, 1.54) is 68.0 Å². The van der Waals surface area contributed by atoms with Crippen LogP contribution in [0, 0.1) is 10.1 Å². The van der Waals surface area contributed by atoms with E-state index in [9.17, 15) is 28.1 Å².